The maximum absolute atomic E-state index is 13.3. The van der Waals surface area contributed by atoms with Crippen LogP contribution in [0.25, 0.3) is 0 Å². The van der Waals surface area contributed by atoms with Crippen molar-refractivity contribution in [2.24, 2.45) is 0 Å². The molecule has 0 amide bonds. The molecule has 0 bridgehead atoms. The van der Waals surface area contributed by atoms with E-state index >= 15 is 0 Å². The molecule has 20 heavy (non-hydrogen) atoms. The summed E-state index contributed by atoms with van der Waals surface area (Å²) < 4.78 is 26.2. The van der Waals surface area contributed by atoms with Crippen LogP contribution in [0.15, 0.2) is 36.4 Å². The van der Waals surface area contributed by atoms with Crippen molar-refractivity contribution in [1.29, 1.82) is 5.26 Å². The van der Waals surface area contributed by atoms with Gasteiger partial charge in [0.15, 0.2) is 11.6 Å². The van der Waals surface area contributed by atoms with Gasteiger partial charge >= 0.3 is 0 Å². The Morgan fingerprint density at radius 1 is 1.20 bits per heavy atom. The highest BCUT2D eigenvalue weighted by atomic mass is 19.2. The topological polar surface area (TPSA) is 39.9 Å². The smallest absolute Gasteiger partial charge is 0.159 e. The van der Waals surface area contributed by atoms with E-state index in [1.165, 1.54) is 12.1 Å². The van der Waals surface area contributed by atoms with Crippen molar-refractivity contribution >= 4 is 5.82 Å². The summed E-state index contributed by atoms with van der Waals surface area (Å²) in [6, 6.07) is 10.7. The molecule has 0 saturated heterocycles. The van der Waals surface area contributed by atoms with Crippen LogP contribution in [0, 0.1) is 23.0 Å². The normalized spacial score (nSPS) is 11.8. The Morgan fingerprint density at radius 3 is 2.60 bits per heavy atom. The second-order valence-electron chi connectivity index (χ2n) is 4.45. The van der Waals surface area contributed by atoms with Gasteiger partial charge in [0, 0.05) is 7.05 Å². The van der Waals surface area contributed by atoms with Crippen molar-refractivity contribution in [2.45, 2.75) is 13.0 Å². The number of halogens is 2. The summed E-state index contributed by atoms with van der Waals surface area (Å²) in [6.07, 6.45) is 0. The van der Waals surface area contributed by atoms with Crippen LogP contribution >= 0.6 is 0 Å². The Kier molecular flexibility index (Phi) is 3.94. The largest absolute Gasteiger partial charge is 0.353 e. The number of hydrogen-bond donors (Lipinski definition) is 0. The van der Waals surface area contributed by atoms with Gasteiger partial charge in [0.05, 0.1) is 6.04 Å². The molecule has 1 heterocycles. The highest BCUT2D eigenvalue weighted by molar-refractivity contribution is 5.43. The van der Waals surface area contributed by atoms with Crippen LogP contribution in [0.4, 0.5) is 14.6 Å². The first-order valence-corrected chi connectivity index (χ1v) is 6.08. The number of aromatic nitrogens is 1. The fourth-order valence-corrected chi connectivity index (χ4v) is 1.88. The third-order valence-electron chi connectivity index (χ3n) is 3.22. The van der Waals surface area contributed by atoms with Crippen LogP contribution in [-0.2, 0) is 0 Å². The van der Waals surface area contributed by atoms with Crippen LogP contribution in [0.2, 0.25) is 0 Å². The van der Waals surface area contributed by atoms with Crippen molar-refractivity contribution in [3.05, 3.63) is 59.3 Å². The average Bonchev–Trinajstić information content (AvgIpc) is 2.48. The fourth-order valence-electron chi connectivity index (χ4n) is 1.88. The minimum absolute atomic E-state index is 0.202. The van der Waals surface area contributed by atoms with Crippen molar-refractivity contribution in [2.75, 3.05) is 11.9 Å². The van der Waals surface area contributed by atoms with E-state index in [-0.39, 0.29) is 6.04 Å². The van der Waals surface area contributed by atoms with Gasteiger partial charge in [0.2, 0.25) is 0 Å². The number of hydrogen-bond acceptors (Lipinski definition) is 3. The second-order valence-corrected chi connectivity index (χ2v) is 4.45. The van der Waals surface area contributed by atoms with Crippen LogP contribution < -0.4 is 4.90 Å². The number of anilines is 1. The Hall–Kier alpha value is -2.48. The van der Waals surface area contributed by atoms with Crippen LogP contribution in [-0.4, -0.2) is 12.0 Å². The van der Waals surface area contributed by atoms with Crippen molar-refractivity contribution < 1.29 is 8.78 Å². The molecule has 2 rings (SSSR count). The Balaban J connectivity index is 2.29. The summed E-state index contributed by atoms with van der Waals surface area (Å²) in [5.74, 6) is -1.14. The van der Waals surface area contributed by atoms with Crippen molar-refractivity contribution in [1.82, 2.24) is 4.98 Å². The molecular weight excluding hydrogens is 260 g/mol. The monoisotopic (exact) mass is 273 g/mol. The third-order valence-corrected chi connectivity index (χ3v) is 3.22. The van der Waals surface area contributed by atoms with E-state index in [1.54, 1.807) is 30.1 Å². The molecule has 1 atom stereocenters. The van der Waals surface area contributed by atoms with Gasteiger partial charge in [-0.2, -0.15) is 5.26 Å². The maximum Gasteiger partial charge on any atom is 0.159 e. The van der Waals surface area contributed by atoms with Crippen LogP contribution in [0.3, 0.4) is 0 Å². The molecule has 102 valence electrons. The Bertz CT molecular complexity index is 664. The molecule has 0 aliphatic carbocycles. The van der Waals surface area contributed by atoms with E-state index in [9.17, 15) is 8.78 Å². The number of pyridine rings is 1. The summed E-state index contributed by atoms with van der Waals surface area (Å²) >= 11 is 0. The third kappa shape index (κ3) is 2.75. The van der Waals surface area contributed by atoms with Gasteiger partial charge in [0.25, 0.3) is 0 Å². The fraction of sp³-hybridized carbons (Fsp3) is 0.200. The lowest BCUT2D eigenvalue weighted by atomic mass is 10.1. The average molecular weight is 273 g/mol. The predicted molar refractivity (Wildman–Crippen MR) is 72.1 cm³/mol. The highest BCUT2D eigenvalue weighted by Crippen LogP contribution is 2.25. The lowest BCUT2D eigenvalue weighted by molar-refractivity contribution is 0.505. The molecule has 0 N–H and O–H groups in total. The number of nitrogens with zero attached hydrogens (tertiary/aromatic N) is 3. The maximum atomic E-state index is 13.3. The highest BCUT2D eigenvalue weighted by Gasteiger charge is 2.15. The van der Waals surface area contributed by atoms with E-state index in [4.69, 9.17) is 5.26 Å². The zero-order valence-electron chi connectivity index (χ0n) is 11.1. The van der Waals surface area contributed by atoms with Crippen LogP contribution in [0.1, 0.15) is 24.2 Å². The molecule has 0 aliphatic rings. The van der Waals surface area contributed by atoms with E-state index in [0.29, 0.717) is 17.1 Å². The lowest BCUT2D eigenvalue weighted by Gasteiger charge is -2.26. The molecule has 0 fully saturated rings. The van der Waals surface area contributed by atoms with Gasteiger partial charge in [-0.15, -0.1) is 0 Å². The first-order valence-electron chi connectivity index (χ1n) is 6.08. The summed E-state index contributed by atoms with van der Waals surface area (Å²) in [5.41, 5.74) is 0.947. The zero-order valence-corrected chi connectivity index (χ0v) is 11.1. The van der Waals surface area contributed by atoms with Crippen molar-refractivity contribution in [3.63, 3.8) is 0 Å². The lowest BCUT2D eigenvalue weighted by Crippen LogP contribution is -2.23. The number of rotatable bonds is 3. The van der Waals surface area contributed by atoms with Gasteiger partial charge < -0.3 is 4.90 Å². The van der Waals surface area contributed by atoms with Gasteiger partial charge in [0.1, 0.15) is 17.6 Å². The van der Waals surface area contributed by atoms with Gasteiger partial charge in [-0.05, 0) is 36.8 Å². The quantitative estimate of drug-likeness (QED) is 0.860. The van der Waals surface area contributed by atoms with E-state index in [0.717, 1.165) is 6.07 Å². The first kappa shape index (κ1) is 13.9. The molecule has 1 aromatic carbocycles. The summed E-state index contributed by atoms with van der Waals surface area (Å²) in [7, 11) is 1.79. The van der Waals surface area contributed by atoms with E-state index in [1.807, 2.05) is 13.0 Å². The van der Waals surface area contributed by atoms with Crippen molar-refractivity contribution in [3.8, 4) is 6.07 Å². The molecule has 5 heteroatoms. The molecule has 0 aliphatic heterocycles. The molecule has 0 spiro atoms. The predicted octanol–water partition coefficient (Wildman–Crippen LogP) is 3.43. The number of nitriles is 1. The first-order chi connectivity index (χ1) is 9.52. The van der Waals surface area contributed by atoms with Gasteiger partial charge in [-0.1, -0.05) is 12.1 Å². The van der Waals surface area contributed by atoms with E-state index in [2.05, 4.69) is 4.98 Å². The van der Waals surface area contributed by atoms with Crippen LogP contribution in [0.5, 0.6) is 0 Å². The molecule has 0 saturated carbocycles. The Labute approximate surface area is 116 Å². The SMILES string of the molecule is CC(c1ccc(F)c(F)c1)N(C)c1cccc(C#N)n1. The Morgan fingerprint density at radius 2 is 1.95 bits per heavy atom. The molecule has 1 unspecified atom stereocenters. The molecule has 0 radical (unpaired) electrons. The molecule has 2 aromatic rings. The minimum atomic E-state index is -0.874. The second kappa shape index (κ2) is 5.66. The molecular formula is C15H13F2N3. The number of benzene rings is 1. The zero-order chi connectivity index (χ0) is 14.7. The van der Waals surface area contributed by atoms with E-state index < -0.39 is 11.6 Å². The standard InChI is InChI=1S/C15H13F2N3/c1-10(11-6-7-13(16)14(17)8-11)20(2)15-5-3-4-12(9-18)19-15/h3-8,10H,1-2H3. The summed E-state index contributed by atoms with van der Waals surface area (Å²) in [5, 5.41) is 8.84. The van der Waals surface area contributed by atoms with Gasteiger partial charge in [-0.25, -0.2) is 13.8 Å². The minimum Gasteiger partial charge on any atom is -0.353 e. The molecule has 1 aromatic heterocycles. The summed E-state index contributed by atoms with van der Waals surface area (Å²) in [4.78, 5) is 5.97. The summed E-state index contributed by atoms with van der Waals surface area (Å²) in [6.45, 7) is 1.85. The molecule has 3 nitrogen and oxygen atoms in total. The van der Waals surface area contributed by atoms with Gasteiger partial charge in [-0.3, -0.25) is 0 Å².